The minimum absolute atomic E-state index is 0.0802. The molecule has 3 aromatic rings. The molecule has 3 unspecified atom stereocenters. The monoisotopic (exact) mass is 588 g/mol. The number of sulfonamides is 1. The molecule has 1 spiro atoms. The van der Waals surface area contributed by atoms with E-state index in [1.165, 1.54) is 6.07 Å². The van der Waals surface area contributed by atoms with E-state index in [0.717, 1.165) is 50.0 Å². The van der Waals surface area contributed by atoms with Gasteiger partial charge in [-0.15, -0.1) is 0 Å². The highest BCUT2D eigenvalue weighted by Gasteiger charge is 2.62. The third-order valence-corrected chi connectivity index (χ3v) is 10.3. The zero-order valence-electron chi connectivity index (χ0n) is 25.0. The second-order valence-corrected chi connectivity index (χ2v) is 15.5. The molecule has 2 N–H and O–H groups in total. The molecule has 3 aliphatic rings. The van der Waals surface area contributed by atoms with Crippen LogP contribution in [-0.2, 0) is 21.9 Å². The predicted octanol–water partition coefficient (Wildman–Crippen LogP) is 5.10. The number of carbonyl (C=O) groups is 1. The number of amides is 1. The van der Waals surface area contributed by atoms with Gasteiger partial charge in [0.25, 0.3) is 15.9 Å². The first-order valence-corrected chi connectivity index (χ1v) is 16.2. The van der Waals surface area contributed by atoms with Gasteiger partial charge in [-0.1, -0.05) is 32.9 Å². The van der Waals surface area contributed by atoms with Gasteiger partial charge in [0, 0.05) is 41.1 Å². The summed E-state index contributed by atoms with van der Waals surface area (Å²) in [6.07, 6.45) is 6.48. The summed E-state index contributed by atoms with van der Waals surface area (Å²) in [6, 6.07) is 14.4. The fraction of sp³-hybridized carbons (Fsp3) is 0.500. The SMILES string of the molecule is CC(C)(C)c1ccc2c(n1)N1CC3(CC3CC(CCc3ccccn3)Nc3cccc(n3)S(=O)(=O)NC2=O)CC1(C)C. The molecule has 0 radical (unpaired) electrons. The molecule has 42 heavy (non-hydrogen) atoms. The first kappa shape index (κ1) is 28.6. The number of pyridine rings is 3. The van der Waals surface area contributed by atoms with Crippen LogP contribution in [0.5, 0.6) is 0 Å². The van der Waals surface area contributed by atoms with Crippen LogP contribution in [-0.4, -0.2) is 47.4 Å². The largest absolute Gasteiger partial charge is 0.367 e. The Labute approximate surface area is 248 Å². The summed E-state index contributed by atoms with van der Waals surface area (Å²) in [4.78, 5) is 29.9. The molecular weight excluding hydrogens is 548 g/mol. The maximum atomic E-state index is 13.7. The maximum absolute atomic E-state index is 13.7. The van der Waals surface area contributed by atoms with E-state index in [1.54, 1.807) is 18.2 Å². The molecule has 1 saturated carbocycles. The molecule has 3 atom stereocenters. The summed E-state index contributed by atoms with van der Waals surface area (Å²) in [6.45, 7) is 11.4. The van der Waals surface area contributed by atoms with Crippen molar-refractivity contribution in [3.63, 3.8) is 0 Å². The molecule has 3 aromatic heterocycles. The maximum Gasteiger partial charge on any atom is 0.281 e. The van der Waals surface area contributed by atoms with Crippen LogP contribution in [0.25, 0.3) is 0 Å². The Kier molecular flexibility index (Phi) is 6.83. The van der Waals surface area contributed by atoms with Crippen molar-refractivity contribution in [1.29, 1.82) is 0 Å². The van der Waals surface area contributed by atoms with Crippen molar-refractivity contribution < 1.29 is 13.2 Å². The molecule has 1 aliphatic carbocycles. The van der Waals surface area contributed by atoms with Crippen LogP contribution in [0.4, 0.5) is 11.6 Å². The van der Waals surface area contributed by atoms with E-state index in [1.807, 2.05) is 30.5 Å². The molecule has 6 rings (SSSR count). The number of aromatic nitrogens is 3. The number of hydrogen-bond donors (Lipinski definition) is 2. The van der Waals surface area contributed by atoms with Crippen LogP contribution in [0.15, 0.2) is 59.8 Å². The summed E-state index contributed by atoms with van der Waals surface area (Å²) in [7, 11) is -4.24. The van der Waals surface area contributed by atoms with E-state index in [4.69, 9.17) is 4.98 Å². The first-order chi connectivity index (χ1) is 19.8. The number of aryl methyl sites for hydroxylation is 1. The highest BCUT2D eigenvalue weighted by molar-refractivity contribution is 7.90. The van der Waals surface area contributed by atoms with Crippen LogP contribution < -0.4 is 14.9 Å². The van der Waals surface area contributed by atoms with Crippen molar-refractivity contribution in [2.45, 2.75) is 88.7 Å². The van der Waals surface area contributed by atoms with Gasteiger partial charge in [0.05, 0.1) is 5.56 Å². The van der Waals surface area contributed by atoms with Crippen LogP contribution >= 0.6 is 0 Å². The average Bonchev–Trinajstić information content (AvgIpc) is 3.50. The van der Waals surface area contributed by atoms with Crippen molar-refractivity contribution in [2.75, 3.05) is 16.8 Å². The number of rotatable bonds is 3. The average molecular weight is 589 g/mol. The highest BCUT2D eigenvalue weighted by atomic mass is 32.2. The van der Waals surface area contributed by atoms with Gasteiger partial charge in [-0.2, -0.15) is 8.42 Å². The quantitative estimate of drug-likeness (QED) is 0.434. The van der Waals surface area contributed by atoms with E-state index in [-0.39, 0.29) is 33.0 Å². The zero-order chi connectivity index (χ0) is 29.9. The van der Waals surface area contributed by atoms with E-state index in [9.17, 15) is 13.2 Å². The van der Waals surface area contributed by atoms with Crippen LogP contribution in [0.1, 0.15) is 82.0 Å². The number of carbonyl (C=O) groups excluding carboxylic acids is 1. The molecular formula is C32H40N6O3S. The lowest BCUT2D eigenvalue weighted by Crippen LogP contribution is -2.41. The van der Waals surface area contributed by atoms with Crippen molar-refractivity contribution in [2.24, 2.45) is 11.3 Å². The lowest BCUT2D eigenvalue weighted by atomic mass is 9.90. The van der Waals surface area contributed by atoms with Crippen LogP contribution in [0, 0.1) is 11.3 Å². The predicted molar refractivity (Wildman–Crippen MR) is 163 cm³/mol. The van der Waals surface area contributed by atoms with Crippen molar-refractivity contribution in [3.8, 4) is 0 Å². The molecule has 222 valence electrons. The summed E-state index contributed by atoms with van der Waals surface area (Å²) in [5.41, 5.74) is 1.75. The summed E-state index contributed by atoms with van der Waals surface area (Å²) in [5, 5.41) is 3.34. The molecule has 2 fully saturated rings. The zero-order valence-corrected chi connectivity index (χ0v) is 25.8. The molecule has 5 heterocycles. The number of anilines is 2. The van der Waals surface area contributed by atoms with Gasteiger partial charge < -0.3 is 10.2 Å². The van der Waals surface area contributed by atoms with Gasteiger partial charge in [-0.3, -0.25) is 9.78 Å². The summed E-state index contributed by atoms with van der Waals surface area (Å²) < 4.78 is 29.1. The smallest absolute Gasteiger partial charge is 0.281 e. The third kappa shape index (κ3) is 5.48. The molecule has 1 saturated heterocycles. The Morgan fingerprint density at radius 3 is 2.60 bits per heavy atom. The minimum Gasteiger partial charge on any atom is -0.367 e. The van der Waals surface area contributed by atoms with E-state index in [2.05, 4.69) is 59.5 Å². The highest BCUT2D eigenvalue weighted by Crippen LogP contribution is 2.64. The Hall–Kier alpha value is -3.53. The Morgan fingerprint density at radius 2 is 1.86 bits per heavy atom. The van der Waals surface area contributed by atoms with Gasteiger partial charge >= 0.3 is 0 Å². The summed E-state index contributed by atoms with van der Waals surface area (Å²) >= 11 is 0. The van der Waals surface area contributed by atoms with Crippen molar-refractivity contribution in [1.82, 2.24) is 19.7 Å². The molecule has 0 aromatic carbocycles. The van der Waals surface area contributed by atoms with Gasteiger partial charge in [0.1, 0.15) is 11.6 Å². The molecule has 2 aliphatic heterocycles. The number of nitrogens with one attached hydrogen (secondary N) is 2. The second-order valence-electron chi connectivity index (χ2n) is 13.9. The number of fused-ring (bicyclic) bond motifs is 5. The van der Waals surface area contributed by atoms with Crippen molar-refractivity contribution in [3.05, 3.63) is 71.7 Å². The lowest BCUT2D eigenvalue weighted by molar-refractivity contribution is 0.0981. The first-order valence-electron chi connectivity index (χ1n) is 14.8. The van der Waals surface area contributed by atoms with Gasteiger partial charge in [0.15, 0.2) is 5.03 Å². The van der Waals surface area contributed by atoms with Crippen LogP contribution in [0.2, 0.25) is 0 Å². The van der Waals surface area contributed by atoms with Gasteiger partial charge in [-0.25, -0.2) is 14.7 Å². The third-order valence-electron chi connectivity index (χ3n) is 9.11. The second kappa shape index (κ2) is 10.0. The normalized spacial score (nSPS) is 26.1. The number of nitrogens with zero attached hydrogens (tertiary/aromatic N) is 4. The summed E-state index contributed by atoms with van der Waals surface area (Å²) in [5.74, 6) is 0.809. The fourth-order valence-corrected chi connectivity index (χ4v) is 7.81. The van der Waals surface area contributed by atoms with Gasteiger partial charge in [-0.05, 0) is 93.7 Å². The Balaban J connectivity index is 1.42. The molecule has 9 nitrogen and oxygen atoms in total. The Morgan fingerprint density at radius 1 is 1.05 bits per heavy atom. The topological polar surface area (TPSA) is 117 Å². The lowest BCUT2D eigenvalue weighted by Gasteiger charge is -2.34. The molecule has 1 amide bonds. The molecule has 10 heteroatoms. The fourth-order valence-electron chi connectivity index (χ4n) is 6.87. The van der Waals surface area contributed by atoms with Gasteiger partial charge in [0.2, 0.25) is 0 Å². The minimum atomic E-state index is -4.24. The van der Waals surface area contributed by atoms with E-state index in [0.29, 0.717) is 17.6 Å². The van der Waals surface area contributed by atoms with Crippen LogP contribution in [0.3, 0.4) is 0 Å². The van der Waals surface area contributed by atoms with E-state index >= 15 is 0 Å². The molecule has 4 bridgehead atoms. The van der Waals surface area contributed by atoms with E-state index < -0.39 is 15.9 Å². The standard InChI is InChI=1S/C32H40N6O3S/c1-30(2,3)25-15-14-24-28(35-25)38-20-32(19-31(38,4)5)18-21(32)17-23(13-12-22-9-6-7-16-33-22)34-26-10-8-11-27(36-26)42(40,41)37-29(24)39/h6-11,14-16,21,23H,12-13,17-20H2,1-5H3,(H,34,36)(H,37,39). The number of hydrogen-bond acceptors (Lipinski definition) is 8. The Bertz CT molecular complexity index is 1620. The van der Waals surface area contributed by atoms with Crippen molar-refractivity contribution >= 4 is 27.6 Å².